The average molecular weight is 490 g/mol. The van der Waals surface area contributed by atoms with Crippen LogP contribution in [0.25, 0.3) is 10.9 Å². The summed E-state index contributed by atoms with van der Waals surface area (Å²) >= 11 is 0. The zero-order chi connectivity index (χ0) is 25.7. The van der Waals surface area contributed by atoms with E-state index < -0.39 is 28.9 Å². The van der Waals surface area contributed by atoms with Crippen molar-refractivity contribution in [3.8, 4) is 5.75 Å². The van der Waals surface area contributed by atoms with Crippen molar-refractivity contribution in [3.05, 3.63) is 33.9 Å². The number of alkyl carbamates (subject to hydrolysis) is 1. The van der Waals surface area contributed by atoms with Crippen LogP contribution < -0.4 is 20.4 Å². The molecule has 1 amide bonds. The van der Waals surface area contributed by atoms with E-state index in [1.165, 1.54) is 13.3 Å². The molecule has 190 valence electrons. The lowest BCUT2D eigenvalue weighted by Crippen LogP contribution is -2.42. The number of nitrogens with one attached hydrogen (secondary N) is 1. The van der Waals surface area contributed by atoms with Crippen molar-refractivity contribution in [1.82, 2.24) is 9.88 Å². The van der Waals surface area contributed by atoms with E-state index in [1.54, 1.807) is 25.3 Å². The van der Waals surface area contributed by atoms with Gasteiger partial charge in [0.1, 0.15) is 16.9 Å². The molecule has 1 aromatic heterocycles. The normalized spacial score (nSPS) is 19.0. The number of carbonyl (C=O) groups is 2. The molecular formula is C25H32FN3O6. The number of carboxylic acids is 1. The molecule has 1 saturated heterocycles. The number of benzene rings is 1. The number of amides is 1. The molecule has 2 aliphatic rings. The summed E-state index contributed by atoms with van der Waals surface area (Å²) in [5.41, 5.74) is -1.08. The summed E-state index contributed by atoms with van der Waals surface area (Å²) in [7, 11) is 1.42. The Morgan fingerprint density at radius 1 is 1.26 bits per heavy atom. The minimum absolute atomic E-state index is 0.00870. The van der Waals surface area contributed by atoms with Gasteiger partial charge in [0.25, 0.3) is 0 Å². The molecule has 35 heavy (non-hydrogen) atoms. The number of anilines is 1. The van der Waals surface area contributed by atoms with E-state index in [4.69, 9.17) is 9.47 Å². The third-order valence-electron chi connectivity index (χ3n) is 6.57. The Kier molecular flexibility index (Phi) is 6.42. The largest absolute Gasteiger partial charge is 0.492 e. The van der Waals surface area contributed by atoms with Crippen molar-refractivity contribution in [2.24, 2.45) is 5.92 Å². The number of halogens is 1. The first-order valence-electron chi connectivity index (χ1n) is 11.8. The Morgan fingerprint density at radius 3 is 2.51 bits per heavy atom. The van der Waals surface area contributed by atoms with Crippen LogP contribution in [0.15, 0.2) is 17.1 Å². The van der Waals surface area contributed by atoms with Crippen molar-refractivity contribution in [1.29, 1.82) is 0 Å². The lowest BCUT2D eigenvalue weighted by Gasteiger charge is -2.27. The van der Waals surface area contributed by atoms with Crippen molar-refractivity contribution < 1.29 is 28.6 Å². The topological polar surface area (TPSA) is 110 Å². The van der Waals surface area contributed by atoms with E-state index in [-0.39, 0.29) is 40.4 Å². The average Bonchev–Trinajstić information content (AvgIpc) is 3.47. The molecule has 1 aromatic carbocycles. The molecule has 0 radical (unpaired) electrons. The van der Waals surface area contributed by atoms with Crippen LogP contribution in [0.3, 0.4) is 0 Å². The first-order valence-corrected chi connectivity index (χ1v) is 11.8. The van der Waals surface area contributed by atoms with Crippen LogP contribution in [-0.2, 0) is 4.74 Å². The molecule has 4 rings (SSSR count). The van der Waals surface area contributed by atoms with Crippen molar-refractivity contribution in [2.45, 2.75) is 64.6 Å². The maximum Gasteiger partial charge on any atom is 0.407 e. The second-order valence-corrected chi connectivity index (χ2v) is 10.4. The molecule has 2 heterocycles. The number of fused-ring (bicyclic) bond motifs is 1. The highest BCUT2D eigenvalue weighted by Crippen LogP contribution is 2.44. The van der Waals surface area contributed by atoms with Crippen LogP contribution >= 0.6 is 0 Å². The van der Waals surface area contributed by atoms with Gasteiger partial charge in [-0.2, -0.15) is 0 Å². The number of hydrogen-bond donors (Lipinski definition) is 2. The molecule has 2 aromatic rings. The van der Waals surface area contributed by atoms with Gasteiger partial charge in [-0.3, -0.25) is 4.79 Å². The van der Waals surface area contributed by atoms with Gasteiger partial charge in [-0.05, 0) is 58.9 Å². The third kappa shape index (κ3) is 4.92. The molecular weight excluding hydrogens is 457 g/mol. The molecule has 1 aliphatic heterocycles. The number of carbonyl (C=O) groups excluding carboxylic acids is 1. The number of rotatable bonds is 6. The lowest BCUT2D eigenvalue weighted by atomic mass is 10.0. The van der Waals surface area contributed by atoms with E-state index >= 15 is 4.39 Å². The predicted octanol–water partition coefficient (Wildman–Crippen LogP) is 3.92. The van der Waals surface area contributed by atoms with E-state index in [2.05, 4.69) is 5.32 Å². The minimum Gasteiger partial charge on any atom is -0.492 e. The van der Waals surface area contributed by atoms with Crippen molar-refractivity contribution in [2.75, 3.05) is 25.1 Å². The van der Waals surface area contributed by atoms with Crippen LogP contribution in [0.1, 0.15) is 63.4 Å². The third-order valence-corrected chi connectivity index (χ3v) is 6.57. The first-order chi connectivity index (χ1) is 16.4. The number of aromatic nitrogens is 1. The summed E-state index contributed by atoms with van der Waals surface area (Å²) in [5, 5.41) is 12.4. The molecule has 1 saturated carbocycles. The van der Waals surface area contributed by atoms with Crippen LogP contribution in [0.4, 0.5) is 14.9 Å². The van der Waals surface area contributed by atoms with E-state index in [0.29, 0.717) is 25.0 Å². The molecule has 2 N–H and O–H groups in total. The lowest BCUT2D eigenvalue weighted by molar-refractivity contribution is 0.0494. The number of ether oxygens (including phenoxy) is 2. The predicted molar refractivity (Wildman–Crippen MR) is 129 cm³/mol. The minimum atomic E-state index is -1.34. The van der Waals surface area contributed by atoms with Crippen LogP contribution in [-0.4, -0.2) is 53.6 Å². The molecule has 1 aliphatic carbocycles. The van der Waals surface area contributed by atoms with Crippen molar-refractivity contribution >= 4 is 28.7 Å². The fourth-order valence-corrected chi connectivity index (χ4v) is 4.73. The Bertz CT molecular complexity index is 1230. The van der Waals surface area contributed by atoms with Gasteiger partial charge in [0.15, 0.2) is 11.6 Å². The second-order valence-electron chi connectivity index (χ2n) is 10.4. The molecule has 9 nitrogen and oxygen atoms in total. The van der Waals surface area contributed by atoms with Gasteiger partial charge >= 0.3 is 12.1 Å². The second kappa shape index (κ2) is 9.05. The number of aromatic carboxylic acids is 1. The number of methoxy groups -OCH3 is 1. The molecule has 2 atom stereocenters. The number of nitrogens with zero attached hydrogens (tertiary/aromatic N) is 2. The Balaban J connectivity index is 1.69. The number of carboxylic acid groups (broad SMARTS) is 1. The monoisotopic (exact) mass is 489 g/mol. The summed E-state index contributed by atoms with van der Waals surface area (Å²) in [6, 6.07) is 0.955. The summed E-state index contributed by atoms with van der Waals surface area (Å²) < 4.78 is 28.2. The van der Waals surface area contributed by atoms with E-state index in [0.717, 1.165) is 18.9 Å². The summed E-state index contributed by atoms with van der Waals surface area (Å²) in [6.07, 6.45) is 3.24. The van der Waals surface area contributed by atoms with Crippen molar-refractivity contribution in [3.63, 3.8) is 0 Å². The van der Waals surface area contributed by atoms with Gasteiger partial charge in [0.2, 0.25) is 5.43 Å². The smallest absolute Gasteiger partial charge is 0.407 e. The molecule has 2 unspecified atom stereocenters. The maximum absolute atomic E-state index is 15.5. The van der Waals surface area contributed by atoms with Gasteiger partial charge in [-0.1, -0.05) is 0 Å². The summed E-state index contributed by atoms with van der Waals surface area (Å²) in [4.78, 5) is 38.6. The van der Waals surface area contributed by atoms with Crippen LogP contribution in [0.5, 0.6) is 5.75 Å². The molecule has 2 fully saturated rings. The first kappa shape index (κ1) is 24.8. The van der Waals surface area contributed by atoms with Gasteiger partial charge in [0, 0.05) is 31.4 Å². The van der Waals surface area contributed by atoms with E-state index in [1.807, 2.05) is 11.8 Å². The summed E-state index contributed by atoms with van der Waals surface area (Å²) in [6.45, 7) is 8.28. The Morgan fingerprint density at radius 2 is 1.94 bits per heavy atom. The van der Waals surface area contributed by atoms with Crippen LogP contribution in [0, 0.1) is 11.7 Å². The fraction of sp³-hybridized carbons (Fsp3) is 0.560. The molecule has 0 bridgehead atoms. The maximum atomic E-state index is 15.5. The Labute approximate surface area is 202 Å². The zero-order valence-electron chi connectivity index (χ0n) is 20.7. The SMILES string of the molecule is COc1c(N2CCC(C(C)NC(=O)OC(C)(C)C)C2)c(F)cc2c(=O)c(C(=O)O)cn(C3CC3)c12. The molecule has 0 spiro atoms. The van der Waals surface area contributed by atoms with Gasteiger partial charge < -0.3 is 29.4 Å². The molecule has 10 heteroatoms. The number of pyridine rings is 1. The quantitative estimate of drug-likeness (QED) is 0.633. The highest BCUT2D eigenvalue weighted by molar-refractivity contribution is 5.97. The van der Waals surface area contributed by atoms with E-state index in [9.17, 15) is 19.5 Å². The summed E-state index contributed by atoms with van der Waals surface area (Å²) in [5.74, 6) is -1.73. The Hall–Kier alpha value is -3.30. The standard InChI is InChI=1S/C25H32FN3O6/c1-13(27-24(33)35-25(2,3)4)14-8-9-28(11-14)20-18(26)10-16-19(22(20)34-5)29(15-6-7-15)12-17(21(16)30)23(31)32/h10,12-15H,6-9,11H2,1-5H3,(H,27,33)(H,31,32). The fourth-order valence-electron chi connectivity index (χ4n) is 4.73. The van der Waals surface area contributed by atoms with Gasteiger partial charge in [-0.25, -0.2) is 14.0 Å². The highest BCUT2D eigenvalue weighted by atomic mass is 19.1. The number of hydrogen-bond acceptors (Lipinski definition) is 6. The van der Waals surface area contributed by atoms with Gasteiger partial charge in [-0.15, -0.1) is 0 Å². The highest BCUT2D eigenvalue weighted by Gasteiger charge is 2.35. The van der Waals surface area contributed by atoms with Gasteiger partial charge in [0.05, 0.1) is 18.0 Å². The van der Waals surface area contributed by atoms with Crippen LogP contribution in [0.2, 0.25) is 0 Å². The zero-order valence-corrected chi connectivity index (χ0v) is 20.7.